The summed E-state index contributed by atoms with van der Waals surface area (Å²) in [5, 5.41) is 0. The fraction of sp³-hybridized carbons (Fsp3) is 0.357. The van der Waals surface area contributed by atoms with Crippen LogP contribution < -0.4 is 9.47 Å². The molecular weight excluding hydrogens is 248 g/mol. The molecule has 0 bridgehead atoms. The molecule has 5 heteroatoms. The molecule has 0 aliphatic heterocycles. The minimum absolute atomic E-state index is 0.126. The number of ether oxygens (including phenoxy) is 4. The second-order valence-corrected chi connectivity index (χ2v) is 3.51. The van der Waals surface area contributed by atoms with E-state index in [-0.39, 0.29) is 6.79 Å². The number of benzene rings is 1. The Hall–Kier alpha value is -2.01. The second-order valence-electron chi connectivity index (χ2n) is 3.51. The first-order valence-electron chi connectivity index (χ1n) is 5.86. The third-order valence-corrected chi connectivity index (χ3v) is 2.23. The van der Waals surface area contributed by atoms with Gasteiger partial charge in [-0.15, -0.1) is 0 Å². The topological polar surface area (TPSA) is 54.0 Å². The highest BCUT2D eigenvalue weighted by atomic mass is 16.7. The van der Waals surface area contributed by atoms with E-state index in [9.17, 15) is 4.79 Å². The van der Waals surface area contributed by atoms with E-state index in [1.165, 1.54) is 20.3 Å². The molecule has 5 nitrogen and oxygen atoms in total. The zero-order chi connectivity index (χ0) is 14.1. The summed E-state index contributed by atoms with van der Waals surface area (Å²) in [5.74, 6) is 0.697. The first-order valence-corrected chi connectivity index (χ1v) is 5.86. The molecule has 1 aromatic carbocycles. The first kappa shape index (κ1) is 15.0. The molecule has 0 N–H and O–H groups in total. The van der Waals surface area contributed by atoms with Crippen LogP contribution in [0, 0.1) is 0 Å². The van der Waals surface area contributed by atoms with Crippen LogP contribution in [0.25, 0.3) is 6.08 Å². The lowest BCUT2D eigenvalue weighted by Crippen LogP contribution is -2.02. The Morgan fingerprint density at radius 3 is 2.74 bits per heavy atom. The first-order chi connectivity index (χ1) is 9.22. The van der Waals surface area contributed by atoms with Gasteiger partial charge in [0.05, 0.1) is 13.7 Å². The lowest BCUT2D eigenvalue weighted by atomic mass is 10.1. The fourth-order valence-corrected chi connectivity index (χ4v) is 1.47. The summed E-state index contributed by atoms with van der Waals surface area (Å²) in [4.78, 5) is 11.3. The van der Waals surface area contributed by atoms with Crippen molar-refractivity contribution in [2.75, 3.05) is 27.6 Å². The van der Waals surface area contributed by atoms with Crippen molar-refractivity contribution in [1.29, 1.82) is 0 Å². The number of hydrogen-bond acceptors (Lipinski definition) is 5. The molecule has 0 spiro atoms. The highest BCUT2D eigenvalue weighted by molar-refractivity contribution is 5.87. The quantitative estimate of drug-likeness (QED) is 0.430. The highest BCUT2D eigenvalue weighted by Crippen LogP contribution is 2.31. The van der Waals surface area contributed by atoms with Gasteiger partial charge >= 0.3 is 5.97 Å². The van der Waals surface area contributed by atoms with Gasteiger partial charge in [-0.1, -0.05) is 12.1 Å². The van der Waals surface area contributed by atoms with Gasteiger partial charge in [-0.3, -0.25) is 0 Å². The average Bonchev–Trinajstić information content (AvgIpc) is 2.43. The van der Waals surface area contributed by atoms with Gasteiger partial charge in [0.25, 0.3) is 0 Å². The van der Waals surface area contributed by atoms with Gasteiger partial charge in [-0.05, 0) is 19.1 Å². The van der Waals surface area contributed by atoms with E-state index in [1.54, 1.807) is 25.1 Å². The Morgan fingerprint density at radius 1 is 1.32 bits per heavy atom. The van der Waals surface area contributed by atoms with Crippen molar-refractivity contribution in [2.24, 2.45) is 0 Å². The van der Waals surface area contributed by atoms with Crippen molar-refractivity contribution in [1.82, 2.24) is 0 Å². The predicted molar refractivity (Wildman–Crippen MR) is 71.2 cm³/mol. The highest BCUT2D eigenvalue weighted by Gasteiger charge is 2.08. The van der Waals surface area contributed by atoms with Crippen LogP contribution in [0.4, 0.5) is 0 Å². The third-order valence-electron chi connectivity index (χ3n) is 2.23. The number of esters is 1. The largest absolute Gasteiger partial charge is 0.492 e. The van der Waals surface area contributed by atoms with Crippen molar-refractivity contribution < 1.29 is 23.7 Å². The van der Waals surface area contributed by atoms with E-state index >= 15 is 0 Å². The van der Waals surface area contributed by atoms with Crippen LogP contribution >= 0.6 is 0 Å². The molecule has 0 saturated heterocycles. The molecule has 0 unspecified atom stereocenters. The zero-order valence-electron chi connectivity index (χ0n) is 11.3. The number of methoxy groups -OCH3 is 2. The number of hydrogen-bond donors (Lipinski definition) is 0. The lowest BCUT2D eigenvalue weighted by Gasteiger charge is -2.11. The zero-order valence-corrected chi connectivity index (χ0v) is 11.3. The smallest absolute Gasteiger partial charge is 0.330 e. The van der Waals surface area contributed by atoms with Crippen LogP contribution in [0.3, 0.4) is 0 Å². The minimum Gasteiger partial charge on any atom is -0.492 e. The third kappa shape index (κ3) is 4.63. The van der Waals surface area contributed by atoms with E-state index in [4.69, 9.17) is 18.9 Å². The molecule has 0 atom stereocenters. The summed E-state index contributed by atoms with van der Waals surface area (Å²) in [7, 11) is 3.08. The maximum atomic E-state index is 11.3. The molecule has 0 radical (unpaired) electrons. The minimum atomic E-state index is -0.396. The molecule has 0 aromatic heterocycles. The van der Waals surface area contributed by atoms with Crippen molar-refractivity contribution in [2.45, 2.75) is 6.92 Å². The van der Waals surface area contributed by atoms with Crippen molar-refractivity contribution in [3.8, 4) is 11.5 Å². The summed E-state index contributed by atoms with van der Waals surface area (Å²) in [6, 6.07) is 5.38. The summed E-state index contributed by atoms with van der Waals surface area (Å²) in [5.41, 5.74) is 0.726. The van der Waals surface area contributed by atoms with Gasteiger partial charge in [0.1, 0.15) is 0 Å². The Balaban J connectivity index is 2.91. The summed E-state index contributed by atoms with van der Waals surface area (Å²) >= 11 is 0. The molecular formula is C14H18O5. The molecule has 0 amide bonds. The van der Waals surface area contributed by atoms with Crippen molar-refractivity contribution in [3.63, 3.8) is 0 Å². The van der Waals surface area contributed by atoms with Gasteiger partial charge in [0, 0.05) is 18.7 Å². The van der Waals surface area contributed by atoms with Gasteiger partial charge in [-0.25, -0.2) is 4.79 Å². The maximum Gasteiger partial charge on any atom is 0.330 e. The second kappa shape index (κ2) is 8.16. The molecule has 0 saturated carbocycles. The van der Waals surface area contributed by atoms with E-state index in [0.717, 1.165) is 5.56 Å². The normalized spacial score (nSPS) is 10.5. The Bertz CT molecular complexity index is 439. The number of rotatable bonds is 7. The van der Waals surface area contributed by atoms with E-state index in [2.05, 4.69) is 0 Å². The summed E-state index contributed by atoms with van der Waals surface area (Å²) < 4.78 is 20.3. The molecule has 0 fully saturated rings. The molecule has 1 aromatic rings. The lowest BCUT2D eigenvalue weighted by molar-refractivity contribution is -0.137. The monoisotopic (exact) mass is 266 g/mol. The predicted octanol–water partition coefficient (Wildman–Crippen LogP) is 2.25. The van der Waals surface area contributed by atoms with Crippen LogP contribution in [-0.4, -0.2) is 33.6 Å². The molecule has 104 valence electrons. The maximum absolute atomic E-state index is 11.3. The standard InChI is InChI=1S/C14H18O5/c1-4-18-13(15)9-8-11-6-5-7-12(14(11)17-3)19-10-16-2/h5-9H,4,10H2,1-3H3/b9-8-. The van der Waals surface area contributed by atoms with Crippen LogP contribution in [-0.2, 0) is 14.3 Å². The van der Waals surface area contributed by atoms with E-state index < -0.39 is 5.97 Å². The Kier molecular flexibility index (Phi) is 6.46. The molecule has 0 heterocycles. The van der Waals surface area contributed by atoms with Gasteiger partial charge < -0.3 is 18.9 Å². The van der Waals surface area contributed by atoms with Gasteiger partial charge in [0.2, 0.25) is 0 Å². The van der Waals surface area contributed by atoms with Crippen LogP contribution in [0.5, 0.6) is 11.5 Å². The van der Waals surface area contributed by atoms with E-state index in [0.29, 0.717) is 18.1 Å². The molecule has 0 aliphatic carbocycles. The molecule has 19 heavy (non-hydrogen) atoms. The summed E-state index contributed by atoms with van der Waals surface area (Å²) in [6.45, 7) is 2.23. The van der Waals surface area contributed by atoms with Gasteiger partial charge in [0.15, 0.2) is 18.3 Å². The molecule has 0 aliphatic rings. The SMILES string of the molecule is CCOC(=O)/C=C\c1cccc(OCOC)c1OC. The molecule has 1 rings (SSSR count). The average molecular weight is 266 g/mol. The number of carbonyl (C=O) groups is 1. The van der Waals surface area contributed by atoms with Crippen LogP contribution in [0.15, 0.2) is 24.3 Å². The van der Waals surface area contributed by atoms with Crippen molar-refractivity contribution in [3.05, 3.63) is 29.8 Å². The van der Waals surface area contributed by atoms with Crippen LogP contribution in [0.1, 0.15) is 12.5 Å². The Labute approximate surface area is 112 Å². The fourth-order valence-electron chi connectivity index (χ4n) is 1.47. The number of para-hydroxylation sites is 1. The van der Waals surface area contributed by atoms with Gasteiger partial charge in [-0.2, -0.15) is 0 Å². The van der Waals surface area contributed by atoms with Crippen molar-refractivity contribution >= 4 is 12.0 Å². The summed E-state index contributed by atoms with van der Waals surface area (Å²) in [6.07, 6.45) is 2.97. The Morgan fingerprint density at radius 2 is 2.11 bits per heavy atom. The van der Waals surface area contributed by atoms with E-state index in [1.807, 2.05) is 6.07 Å². The number of carbonyl (C=O) groups excluding carboxylic acids is 1. The van der Waals surface area contributed by atoms with Crippen LogP contribution in [0.2, 0.25) is 0 Å².